The molecular weight excluding hydrogens is 260 g/mol. The van der Waals surface area contributed by atoms with Crippen LogP contribution in [0.15, 0.2) is 36.5 Å². The van der Waals surface area contributed by atoms with Crippen LogP contribution in [-0.2, 0) is 0 Å². The average Bonchev–Trinajstić information content (AvgIpc) is 2.84. The van der Waals surface area contributed by atoms with Crippen LogP contribution >= 0.6 is 0 Å². The fraction of sp³-hybridized carbons (Fsp3) is 0.294. The van der Waals surface area contributed by atoms with Crippen LogP contribution < -0.4 is 5.73 Å². The molecule has 2 heterocycles. The molecule has 1 aromatic carbocycles. The Bertz CT molecular complexity index is 789. The van der Waals surface area contributed by atoms with E-state index in [1.807, 2.05) is 13.1 Å². The van der Waals surface area contributed by atoms with Gasteiger partial charge in [-0.1, -0.05) is 23.8 Å². The smallest absolute Gasteiger partial charge is 0.160 e. The third-order valence-corrected chi connectivity index (χ3v) is 3.72. The molecule has 0 spiro atoms. The molecule has 3 rings (SSSR count). The van der Waals surface area contributed by atoms with Crippen molar-refractivity contribution in [1.82, 2.24) is 14.5 Å². The normalized spacial score (nSPS) is 12.8. The maximum absolute atomic E-state index is 5.88. The SMILES string of the molecule is Cc1cccc(-c2nc3cc(C)cnc3n2C(C)CN)c1. The lowest BCUT2D eigenvalue weighted by Crippen LogP contribution is -2.17. The van der Waals surface area contributed by atoms with E-state index in [0.717, 1.165) is 28.1 Å². The Morgan fingerprint density at radius 1 is 1.19 bits per heavy atom. The van der Waals surface area contributed by atoms with E-state index in [1.165, 1.54) is 5.56 Å². The Balaban J connectivity index is 2.30. The summed E-state index contributed by atoms with van der Waals surface area (Å²) in [6.07, 6.45) is 1.88. The van der Waals surface area contributed by atoms with Crippen molar-refractivity contribution in [1.29, 1.82) is 0 Å². The van der Waals surface area contributed by atoms with Crippen molar-refractivity contribution < 1.29 is 0 Å². The summed E-state index contributed by atoms with van der Waals surface area (Å²) in [4.78, 5) is 9.36. The number of imidazole rings is 1. The Morgan fingerprint density at radius 2 is 2.00 bits per heavy atom. The van der Waals surface area contributed by atoms with Gasteiger partial charge in [-0.05, 0) is 38.5 Å². The number of hydrogen-bond acceptors (Lipinski definition) is 3. The van der Waals surface area contributed by atoms with Crippen molar-refractivity contribution >= 4 is 11.2 Å². The lowest BCUT2D eigenvalue weighted by Gasteiger charge is -2.15. The van der Waals surface area contributed by atoms with Gasteiger partial charge in [-0.3, -0.25) is 0 Å². The number of pyridine rings is 1. The predicted molar refractivity (Wildman–Crippen MR) is 86.2 cm³/mol. The molecule has 0 amide bonds. The molecular formula is C17H20N4. The van der Waals surface area contributed by atoms with E-state index in [0.29, 0.717) is 6.54 Å². The molecule has 2 N–H and O–H groups in total. The van der Waals surface area contributed by atoms with Crippen molar-refractivity contribution in [3.05, 3.63) is 47.7 Å². The number of fused-ring (bicyclic) bond motifs is 1. The van der Waals surface area contributed by atoms with Crippen LogP contribution in [0, 0.1) is 13.8 Å². The molecule has 0 saturated heterocycles. The van der Waals surface area contributed by atoms with Gasteiger partial charge in [0.15, 0.2) is 5.65 Å². The summed E-state index contributed by atoms with van der Waals surface area (Å²) in [5.74, 6) is 0.935. The number of nitrogens with zero attached hydrogens (tertiary/aromatic N) is 3. The Kier molecular flexibility index (Phi) is 3.47. The zero-order valence-electron chi connectivity index (χ0n) is 12.7. The van der Waals surface area contributed by atoms with Gasteiger partial charge >= 0.3 is 0 Å². The lowest BCUT2D eigenvalue weighted by atomic mass is 10.1. The van der Waals surface area contributed by atoms with Gasteiger partial charge in [0, 0.05) is 24.3 Å². The first-order valence-electron chi connectivity index (χ1n) is 7.22. The van der Waals surface area contributed by atoms with E-state index >= 15 is 0 Å². The van der Waals surface area contributed by atoms with E-state index in [9.17, 15) is 0 Å². The van der Waals surface area contributed by atoms with Gasteiger partial charge in [0.25, 0.3) is 0 Å². The molecule has 0 aliphatic heterocycles. The van der Waals surface area contributed by atoms with Crippen molar-refractivity contribution in [3.63, 3.8) is 0 Å². The second-order valence-corrected chi connectivity index (χ2v) is 5.62. The molecule has 0 bridgehead atoms. The average molecular weight is 280 g/mol. The van der Waals surface area contributed by atoms with Crippen LogP contribution in [0.4, 0.5) is 0 Å². The fourth-order valence-corrected chi connectivity index (χ4v) is 2.59. The molecule has 0 saturated carbocycles. The quantitative estimate of drug-likeness (QED) is 0.801. The van der Waals surface area contributed by atoms with E-state index in [-0.39, 0.29) is 6.04 Å². The molecule has 1 unspecified atom stereocenters. The summed E-state index contributed by atoms with van der Waals surface area (Å²) in [7, 11) is 0. The van der Waals surface area contributed by atoms with Gasteiger partial charge < -0.3 is 10.3 Å². The summed E-state index contributed by atoms with van der Waals surface area (Å²) in [6.45, 7) is 6.77. The molecule has 3 aromatic rings. The van der Waals surface area contributed by atoms with Crippen LogP contribution in [-0.4, -0.2) is 21.1 Å². The lowest BCUT2D eigenvalue weighted by molar-refractivity contribution is 0.575. The van der Waals surface area contributed by atoms with E-state index in [1.54, 1.807) is 0 Å². The third-order valence-electron chi connectivity index (χ3n) is 3.72. The summed E-state index contributed by atoms with van der Waals surface area (Å²) >= 11 is 0. The van der Waals surface area contributed by atoms with Crippen molar-refractivity contribution in [2.45, 2.75) is 26.8 Å². The van der Waals surface area contributed by atoms with Crippen LogP contribution in [0.1, 0.15) is 24.1 Å². The van der Waals surface area contributed by atoms with Crippen LogP contribution in [0.25, 0.3) is 22.6 Å². The van der Waals surface area contributed by atoms with Crippen molar-refractivity contribution in [2.75, 3.05) is 6.54 Å². The van der Waals surface area contributed by atoms with Gasteiger partial charge in [0.2, 0.25) is 0 Å². The minimum atomic E-state index is 0.153. The Hall–Kier alpha value is -2.20. The number of rotatable bonds is 3. The first-order chi connectivity index (χ1) is 10.1. The fourth-order valence-electron chi connectivity index (χ4n) is 2.59. The molecule has 0 aliphatic carbocycles. The van der Waals surface area contributed by atoms with Gasteiger partial charge in [0.1, 0.15) is 11.3 Å². The van der Waals surface area contributed by atoms with Crippen LogP contribution in [0.5, 0.6) is 0 Å². The number of benzene rings is 1. The second-order valence-electron chi connectivity index (χ2n) is 5.62. The van der Waals surface area contributed by atoms with Gasteiger partial charge in [0.05, 0.1) is 0 Å². The largest absolute Gasteiger partial charge is 0.328 e. The molecule has 0 fully saturated rings. The summed E-state index contributed by atoms with van der Waals surface area (Å²) < 4.78 is 2.14. The van der Waals surface area contributed by atoms with Gasteiger partial charge in [-0.2, -0.15) is 0 Å². The predicted octanol–water partition coefficient (Wildman–Crippen LogP) is 3.23. The topological polar surface area (TPSA) is 56.7 Å². The first kappa shape index (κ1) is 13.8. The summed E-state index contributed by atoms with van der Waals surface area (Å²) in [5, 5.41) is 0. The van der Waals surface area contributed by atoms with Crippen molar-refractivity contribution in [2.24, 2.45) is 5.73 Å². The molecule has 2 aromatic heterocycles. The Morgan fingerprint density at radius 3 is 2.71 bits per heavy atom. The van der Waals surface area contributed by atoms with Crippen LogP contribution in [0.2, 0.25) is 0 Å². The maximum Gasteiger partial charge on any atom is 0.160 e. The highest BCUT2D eigenvalue weighted by Crippen LogP contribution is 2.27. The second kappa shape index (κ2) is 5.30. The molecule has 4 heteroatoms. The molecule has 0 radical (unpaired) electrons. The Labute approximate surface area is 124 Å². The molecule has 4 nitrogen and oxygen atoms in total. The van der Waals surface area contributed by atoms with Gasteiger partial charge in [-0.15, -0.1) is 0 Å². The standard InChI is InChI=1S/C17H20N4/c1-11-5-4-6-14(7-11)16-20-15-8-12(2)10-19-17(15)21(16)13(3)9-18/h4-8,10,13H,9,18H2,1-3H3. The van der Waals surface area contributed by atoms with Crippen molar-refractivity contribution in [3.8, 4) is 11.4 Å². The first-order valence-corrected chi connectivity index (χ1v) is 7.22. The van der Waals surface area contributed by atoms with E-state index < -0.39 is 0 Å². The summed E-state index contributed by atoms with van der Waals surface area (Å²) in [5.41, 5.74) is 11.1. The zero-order chi connectivity index (χ0) is 15.0. The molecule has 108 valence electrons. The number of aromatic nitrogens is 3. The number of aryl methyl sites for hydroxylation is 2. The molecule has 0 aliphatic rings. The minimum Gasteiger partial charge on any atom is -0.328 e. The summed E-state index contributed by atoms with van der Waals surface area (Å²) in [6, 6.07) is 10.6. The monoisotopic (exact) mass is 280 g/mol. The number of nitrogens with two attached hydrogens (primary N) is 1. The highest BCUT2D eigenvalue weighted by molar-refractivity contribution is 5.78. The molecule has 21 heavy (non-hydrogen) atoms. The number of hydrogen-bond donors (Lipinski definition) is 1. The van der Waals surface area contributed by atoms with E-state index in [2.05, 4.69) is 53.7 Å². The van der Waals surface area contributed by atoms with Gasteiger partial charge in [-0.25, -0.2) is 9.97 Å². The van der Waals surface area contributed by atoms with Crippen LogP contribution in [0.3, 0.4) is 0 Å². The zero-order valence-corrected chi connectivity index (χ0v) is 12.7. The third kappa shape index (κ3) is 2.43. The highest BCUT2D eigenvalue weighted by atomic mass is 15.2. The minimum absolute atomic E-state index is 0.153. The molecule has 1 atom stereocenters. The van der Waals surface area contributed by atoms with E-state index in [4.69, 9.17) is 10.7 Å². The maximum atomic E-state index is 5.88. The highest BCUT2D eigenvalue weighted by Gasteiger charge is 2.17.